The molecule has 0 unspecified atom stereocenters. The van der Waals surface area contributed by atoms with E-state index < -0.39 is 34.7 Å². The number of hydrogen-bond acceptors (Lipinski definition) is 5. The molecule has 0 bridgehead atoms. The molecule has 0 aliphatic rings. The van der Waals surface area contributed by atoms with Crippen molar-refractivity contribution in [2.24, 2.45) is 0 Å². The van der Waals surface area contributed by atoms with Gasteiger partial charge in [-0.1, -0.05) is 55.8 Å². The van der Waals surface area contributed by atoms with Crippen LogP contribution in [0.4, 0.5) is 13.2 Å². The van der Waals surface area contributed by atoms with Gasteiger partial charge in [0.15, 0.2) is 0 Å². The van der Waals surface area contributed by atoms with Crippen LogP contribution in [0.5, 0.6) is 17.2 Å². The van der Waals surface area contributed by atoms with Crippen LogP contribution in [0.15, 0.2) is 75.9 Å². The van der Waals surface area contributed by atoms with Gasteiger partial charge in [-0.15, -0.1) is 0 Å². The molecule has 1 aromatic heterocycles. The highest BCUT2D eigenvalue weighted by atomic mass is 35.5. The number of rotatable bonds is 5. The van der Waals surface area contributed by atoms with Gasteiger partial charge in [0.1, 0.15) is 17.1 Å². The second kappa shape index (κ2) is 9.46. The average molecular weight is 503 g/mol. The molecular formula is C26H18ClF3O5. The topological polar surface area (TPSA) is 65.7 Å². The van der Waals surface area contributed by atoms with Crippen molar-refractivity contribution in [1.82, 2.24) is 0 Å². The lowest BCUT2D eigenvalue weighted by Crippen LogP contribution is -2.16. The molecule has 4 rings (SSSR count). The normalized spacial score (nSPS) is 11.6. The number of carbonyl (C=O) groups excluding carboxylic acids is 1. The third kappa shape index (κ3) is 5.02. The first kappa shape index (κ1) is 24.3. The van der Waals surface area contributed by atoms with Crippen molar-refractivity contribution in [2.45, 2.75) is 25.9 Å². The van der Waals surface area contributed by atoms with E-state index in [2.05, 4.69) is 0 Å². The van der Waals surface area contributed by atoms with Crippen molar-refractivity contribution >= 4 is 28.5 Å². The van der Waals surface area contributed by atoms with Crippen molar-refractivity contribution in [3.05, 3.63) is 98.9 Å². The maximum atomic E-state index is 13.9. The van der Waals surface area contributed by atoms with Crippen LogP contribution >= 0.6 is 11.6 Å². The second-order valence-electron chi connectivity index (χ2n) is 7.91. The Hall–Kier alpha value is -3.78. The fourth-order valence-electron chi connectivity index (χ4n) is 3.45. The summed E-state index contributed by atoms with van der Waals surface area (Å²) in [5.74, 6) is -3.47. The Bertz CT molecular complexity index is 1470. The standard InChI is InChI=1S/C26H18ClF3O5/c1-14(2)16-7-4-6-10-20(16)34-23-22(31)18-12-11-15(13-21(18)35-24(23)26(28,29)30)33-25(32)17-8-3-5-9-19(17)27/h3-14H,1-2H3. The molecule has 35 heavy (non-hydrogen) atoms. The Balaban J connectivity index is 1.79. The predicted octanol–water partition coefficient (Wildman–Crippen LogP) is 7.60. The van der Waals surface area contributed by atoms with Gasteiger partial charge in [0, 0.05) is 6.07 Å². The molecule has 4 aromatic rings. The van der Waals surface area contributed by atoms with E-state index >= 15 is 0 Å². The number of hydrogen-bond donors (Lipinski definition) is 0. The number of ether oxygens (including phenoxy) is 2. The molecule has 5 nitrogen and oxygen atoms in total. The molecule has 0 saturated heterocycles. The zero-order valence-electron chi connectivity index (χ0n) is 18.5. The van der Waals surface area contributed by atoms with E-state index in [4.69, 9.17) is 25.5 Å². The van der Waals surface area contributed by atoms with Gasteiger partial charge in [0.05, 0.1) is 16.0 Å². The van der Waals surface area contributed by atoms with Gasteiger partial charge in [-0.05, 0) is 41.8 Å². The van der Waals surface area contributed by atoms with Crippen molar-refractivity contribution in [3.8, 4) is 17.2 Å². The van der Waals surface area contributed by atoms with E-state index in [1.165, 1.54) is 30.3 Å². The van der Waals surface area contributed by atoms with Crippen LogP contribution in [0.1, 0.15) is 41.4 Å². The Labute approximate surface area is 202 Å². The Kier molecular flexibility index (Phi) is 6.58. The molecule has 0 saturated carbocycles. The van der Waals surface area contributed by atoms with E-state index in [-0.39, 0.29) is 33.4 Å². The van der Waals surface area contributed by atoms with Crippen LogP contribution in [0.2, 0.25) is 5.02 Å². The average Bonchev–Trinajstić information content (AvgIpc) is 2.80. The highest BCUT2D eigenvalue weighted by molar-refractivity contribution is 6.33. The summed E-state index contributed by atoms with van der Waals surface area (Å²) in [4.78, 5) is 25.5. The molecule has 0 aliphatic heterocycles. The fourth-order valence-corrected chi connectivity index (χ4v) is 3.66. The SMILES string of the molecule is CC(C)c1ccccc1Oc1c(C(F)(F)F)oc2cc(OC(=O)c3ccccc3Cl)ccc2c1=O. The highest BCUT2D eigenvalue weighted by Gasteiger charge is 2.40. The monoisotopic (exact) mass is 502 g/mol. The third-order valence-electron chi connectivity index (χ3n) is 5.14. The quantitative estimate of drug-likeness (QED) is 0.208. The summed E-state index contributed by atoms with van der Waals surface area (Å²) >= 11 is 5.99. The molecule has 9 heteroatoms. The van der Waals surface area contributed by atoms with Crippen LogP contribution in [0, 0.1) is 0 Å². The second-order valence-corrected chi connectivity index (χ2v) is 8.32. The molecule has 0 spiro atoms. The van der Waals surface area contributed by atoms with Crippen molar-refractivity contribution in [3.63, 3.8) is 0 Å². The lowest BCUT2D eigenvalue weighted by atomic mass is 10.0. The van der Waals surface area contributed by atoms with Gasteiger partial charge >= 0.3 is 12.1 Å². The number of esters is 1. The number of halogens is 4. The van der Waals surface area contributed by atoms with Crippen LogP contribution < -0.4 is 14.9 Å². The molecule has 0 N–H and O–H groups in total. The summed E-state index contributed by atoms with van der Waals surface area (Å²) in [6.45, 7) is 3.70. The highest BCUT2D eigenvalue weighted by Crippen LogP contribution is 2.40. The van der Waals surface area contributed by atoms with Crippen molar-refractivity contribution < 1.29 is 31.9 Å². The van der Waals surface area contributed by atoms with Crippen LogP contribution in [-0.4, -0.2) is 5.97 Å². The fraction of sp³-hybridized carbons (Fsp3) is 0.154. The van der Waals surface area contributed by atoms with E-state index in [0.717, 1.165) is 6.07 Å². The van der Waals surface area contributed by atoms with Gasteiger partial charge in [0.2, 0.25) is 11.2 Å². The number of para-hydroxylation sites is 1. The molecule has 0 aliphatic carbocycles. The zero-order chi connectivity index (χ0) is 25.3. The molecular weight excluding hydrogens is 485 g/mol. The first-order valence-electron chi connectivity index (χ1n) is 10.5. The van der Waals surface area contributed by atoms with E-state index in [0.29, 0.717) is 5.56 Å². The van der Waals surface area contributed by atoms with Gasteiger partial charge in [-0.2, -0.15) is 13.2 Å². The number of fused-ring (bicyclic) bond motifs is 1. The summed E-state index contributed by atoms with van der Waals surface area (Å²) in [6.07, 6.45) is -5.03. The lowest BCUT2D eigenvalue weighted by Gasteiger charge is -2.16. The summed E-state index contributed by atoms with van der Waals surface area (Å²) < 4.78 is 57.5. The first-order chi connectivity index (χ1) is 16.6. The maximum Gasteiger partial charge on any atom is 0.453 e. The van der Waals surface area contributed by atoms with E-state index in [9.17, 15) is 22.8 Å². The Morgan fingerprint density at radius 2 is 1.69 bits per heavy atom. The lowest BCUT2D eigenvalue weighted by molar-refractivity contribution is -0.154. The number of alkyl halides is 3. The molecule has 0 radical (unpaired) electrons. The minimum atomic E-state index is -5.03. The molecule has 0 amide bonds. The van der Waals surface area contributed by atoms with E-state index in [1.54, 1.807) is 30.3 Å². The molecule has 0 fully saturated rings. The van der Waals surface area contributed by atoms with Crippen LogP contribution in [0.25, 0.3) is 11.0 Å². The predicted molar refractivity (Wildman–Crippen MR) is 125 cm³/mol. The molecule has 0 atom stereocenters. The van der Waals surface area contributed by atoms with Gasteiger partial charge < -0.3 is 13.9 Å². The Morgan fingerprint density at radius 3 is 2.37 bits per heavy atom. The van der Waals surface area contributed by atoms with Crippen molar-refractivity contribution in [1.29, 1.82) is 0 Å². The first-order valence-corrected chi connectivity index (χ1v) is 10.9. The largest absolute Gasteiger partial charge is 0.453 e. The summed E-state index contributed by atoms with van der Waals surface area (Å²) in [7, 11) is 0. The molecule has 1 heterocycles. The molecule has 3 aromatic carbocycles. The smallest absolute Gasteiger partial charge is 0.449 e. The van der Waals surface area contributed by atoms with Gasteiger partial charge in [-0.3, -0.25) is 4.79 Å². The minimum Gasteiger partial charge on any atom is -0.449 e. The summed E-state index contributed by atoms with van der Waals surface area (Å²) in [6, 6.07) is 16.2. The van der Waals surface area contributed by atoms with Gasteiger partial charge in [-0.25, -0.2) is 4.79 Å². The number of benzene rings is 3. The summed E-state index contributed by atoms with van der Waals surface area (Å²) in [5, 5.41) is -0.0276. The van der Waals surface area contributed by atoms with E-state index in [1.807, 2.05) is 13.8 Å². The number of carbonyl (C=O) groups is 1. The Morgan fingerprint density at radius 1 is 1.00 bits per heavy atom. The maximum absolute atomic E-state index is 13.9. The minimum absolute atomic E-state index is 0.0663. The van der Waals surface area contributed by atoms with Crippen LogP contribution in [0.3, 0.4) is 0 Å². The van der Waals surface area contributed by atoms with Crippen molar-refractivity contribution in [2.75, 3.05) is 0 Å². The molecule has 180 valence electrons. The van der Waals surface area contributed by atoms with Crippen LogP contribution in [-0.2, 0) is 6.18 Å². The third-order valence-corrected chi connectivity index (χ3v) is 5.47. The zero-order valence-corrected chi connectivity index (χ0v) is 19.2. The van der Waals surface area contributed by atoms with Gasteiger partial charge in [0.25, 0.3) is 5.76 Å². The summed E-state index contributed by atoms with van der Waals surface area (Å²) in [5.41, 5.74) is -0.737.